The molecular weight excluding hydrogens is 769 g/mol. The number of para-hydroxylation sites is 3. The molecule has 2 aliphatic heterocycles. The Morgan fingerprint density at radius 1 is 0.397 bits per heavy atom. The molecule has 0 N–H and O–H groups in total. The van der Waals surface area contributed by atoms with E-state index in [0.29, 0.717) is 0 Å². The van der Waals surface area contributed by atoms with Crippen molar-refractivity contribution >= 4 is 61.2 Å². The number of rotatable bonds is 6. The lowest BCUT2D eigenvalue weighted by Crippen LogP contribution is -2.29. The fourth-order valence-corrected chi connectivity index (χ4v) is 10.2. The molecule has 2 atom stereocenters. The molecule has 7 aromatic carbocycles. The van der Waals surface area contributed by atoms with E-state index in [1.165, 1.54) is 38.7 Å². The van der Waals surface area contributed by atoms with Crippen LogP contribution in [0.3, 0.4) is 0 Å². The highest BCUT2D eigenvalue weighted by atomic mass is 15.2. The molecule has 2 unspecified atom stereocenters. The van der Waals surface area contributed by atoms with Crippen LogP contribution in [-0.4, -0.2) is 31.4 Å². The lowest BCUT2D eigenvalue weighted by Gasteiger charge is -2.28. The maximum Gasteiger partial charge on any atom is 0.0659 e. The first kappa shape index (κ1) is 35.4. The Balaban J connectivity index is 0.914. The van der Waals surface area contributed by atoms with E-state index in [0.717, 1.165) is 66.6 Å². The van der Waals surface area contributed by atoms with Crippen molar-refractivity contribution in [3.8, 4) is 44.8 Å². The van der Waals surface area contributed by atoms with E-state index in [4.69, 9.17) is 0 Å². The minimum absolute atomic E-state index is 0.199. The van der Waals surface area contributed by atoms with Gasteiger partial charge in [0.25, 0.3) is 0 Å². The molecule has 6 heteroatoms. The molecule has 0 saturated heterocycles. The molecule has 11 aromatic rings. The molecule has 0 aliphatic carbocycles. The van der Waals surface area contributed by atoms with Gasteiger partial charge in [-0.1, -0.05) is 91.0 Å². The van der Waals surface area contributed by atoms with Gasteiger partial charge in [-0.05, 0) is 130 Å². The van der Waals surface area contributed by atoms with E-state index in [-0.39, 0.29) is 12.0 Å². The Kier molecular flexibility index (Phi) is 7.93. The molecular formula is C57H38N6. The molecule has 0 spiro atoms. The van der Waals surface area contributed by atoms with Gasteiger partial charge in [-0.3, -0.25) is 15.0 Å². The van der Waals surface area contributed by atoms with Crippen molar-refractivity contribution in [1.82, 2.24) is 19.1 Å². The van der Waals surface area contributed by atoms with E-state index >= 15 is 0 Å². The van der Waals surface area contributed by atoms with Crippen LogP contribution in [0, 0.1) is 0 Å². The highest BCUT2D eigenvalue weighted by Crippen LogP contribution is 2.46. The lowest BCUT2D eigenvalue weighted by atomic mass is 9.93. The first-order valence-electron chi connectivity index (χ1n) is 21.5. The van der Waals surface area contributed by atoms with E-state index in [9.17, 15) is 0 Å². The van der Waals surface area contributed by atoms with Crippen LogP contribution in [0.1, 0.15) is 11.5 Å². The average molecular weight is 807 g/mol. The molecule has 0 amide bonds. The smallest absolute Gasteiger partial charge is 0.0659 e. The normalized spacial score (nSPS) is 15.5. The van der Waals surface area contributed by atoms with E-state index in [1.807, 2.05) is 31.0 Å². The van der Waals surface area contributed by atoms with Gasteiger partial charge in [0.1, 0.15) is 0 Å². The van der Waals surface area contributed by atoms with Crippen molar-refractivity contribution in [2.24, 2.45) is 4.99 Å². The second-order valence-electron chi connectivity index (χ2n) is 16.5. The number of anilines is 2. The molecule has 4 aromatic heterocycles. The zero-order valence-electron chi connectivity index (χ0n) is 34.1. The summed E-state index contributed by atoms with van der Waals surface area (Å²) < 4.78 is 4.68. The van der Waals surface area contributed by atoms with Gasteiger partial charge in [0.15, 0.2) is 0 Å². The van der Waals surface area contributed by atoms with Gasteiger partial charge < -0.3 is 14.0 Å². The monoisotopic (exact) mass is 806 g/mol. The van der Waals surface area contributed by atoms with Gasteiger partial charge in [-0.2, -0.15) is 0 Å². The predicted octanol–water partition coefficient (Wildman–Crippen LogP) is 13.9. The van der Waals surface area contributed by atoms with Gasteiger partial charge in [0, 0.05) is 87.4 Å². The minimum Gasteiger partial charge on any atom is -0.333 e. The topological polar surface area (TPSA) is 51.2 Å². The molecule has 13 rings (SSSR count). The standard InChI is InChI=1S/C57H38N6/c1-4-10-52-46(7-1)49-34-58-28-25-55(49)61(52)43-19-13-37(14-20-43)40-31-41(38-15-21-44(22-16-38)62-53-11-5-2-8-47(53)50-35-59-29-26-56(50)62)33-42(32-40)39-17-23-45(24-18-39)63-54-12-6-3-9-48(54)51-36-60-30-27-57(51)63/h1-36,49,55H. The summed E-state index contributed by atoms with van der Waals surface area (Å²) in [6.45, 7) is 0. The van der Waals surface area contributed by atoms with Crippen LogP contribution in [0.2, 0.25) is 0 Å². The Morgan fingerprint density at radius 2 is 0.857 bits per heavy atom. The largest absolute Gasteiger partial charge is 0.333 e. The summed E-state index contributed by atoms with van der Waals surface area (Å²) >= 11 is 0. The maximum absolute atomic E-state index is 4.51. The van der Waals surface area contributed by atoms with E-state index < -0.39 is 0 Å². The SMILES string of the molecule is C1=CC2C(C=N1)c1ccccc1N2c1ccc(-c2cc(-c3ccc(-n4c5ccccc5c5cnccc54)cc3)cc(-c3ccc(-n4c5ccccc5c5cnccc54)cc3)c2)cc1. The fraction of sp³-hybridized carbons (Fsp3) is 0.0351. The summed E-state index contributed by atoms with van der Waals surface area (Å²) in [5.41, 5.74) is 17.5. The number of hydrogen-bond donors (Lipinski definition) is 0. The second-order valence-corrected chi connectivity index (χ2v) is 16.5. The van der Waals surface area contributed by atoms with Crippen LogP contribution in [0.4, 0.5) is 11.4 Å². The van der Waals surface area contributed by atoms with Crippen LogP contribution in [0.15, 0.2) is 218 Å². The summed E-state index contributed by atoms with van der Waals surface area (Å²) in [4.78, 5) is 15.9. The number of aromatic nitrogens is 4. The highest BCUT2D eigenvalue weighted by molar-refractivity contribution is 6.10. The molecule has 6 nitrogen and oxygen atoms in total. The van der Waals surface area contributed by atoms with Gasteiger partial charge in [-0.15, -0.1) is 0 Å². The molecule has 0 bridgehead atoms. The van der Waals surface area contributed by atoms with Gasteiger partial charge in [-0.25, -0.2) is 0 Å². The summed E-state index contributed by atoms with van der Waals surface area (Å²) in [5, 5.41) is 4.71. The van der Waals surface area contributed by atoms with Crippen LogP contribution in [-0.2, 0) is 0 Å². The summed E-state index contributed by atoms with van der Waals surface area (Å²) in [6.07, 6.45) is 13.9. The number of nitrogens with zero attached hydrogens (tertiary/aromatic N) is 6. The van der Waals surface area contributed by atoms with Gasteiger partial charge >= 0.3 is 0 Å². The Bertz CT molecular complexity index is 3350. The van der Waals surface area contributed by atoms with Crippen molar-refractivity contribution in [2.45, 2.75) is 12.0 Å². The molecule has 2 aliphatic rings. The third kappa shape index (κ3) is 5.62. The molecule has 296 valence electrons. The number of fused-ring (bicyclic) bond motifs is 9. The first-order valence-corrected chi connectivity index (χ1v) is 21.5. The van der Waals surface area contributed by atoms with E-state index in [2.05, 4.69) is 217 Å². The quantitative estimate of drug-likeness (QED) is 0.168. The summed E-state index contributed by atoms with van der Waals surface area (Å²) in [5.74, 6) is 0.238. The molecule has 0 fully saturated rings. The molecule has 6 heterocycles. The van der Waals surface area contributed by atoms with Crippen LogP contribution in [0.5, 0.6) is 0 Å². The third-order valence-corrected chi connectivity index (χ3v) is 13.1. The van der Waals surface area contributed by atoms with Gasteiger partial charge in [0.05, 0.1) is 28.1 Å². The van der Waals surface area contributed by atoms with Gasteiger partial charge in [0.2, 0.25) is 0 Å². The van der Waals surface area contributed by atoms with Crippen molar-refractivity contribution in [2.75, 3.05) is 4.90 Å². The number of benzene rings is 7. The van der Waals surface area contributed by atoms with Crippen molar-refractivity contribution in [3.63, 3.8) is 0 Å². The van der Waals surface area contributed by atoms with Crippen LogP contribution in [0.25, 0.3) is 88.4 Å². The molecule has 63 heavy (non-hydrogen) atoms. The number of aliphatic imine (C=N–C) groups is 1. The zero-order valence-corrected chi connectivity index (χ0v) is 34.1. The Morgan fingerprint density at radius 3 is 1.40 bits per heavy atom. The number of pyridine rings is 2. The Labute approximate surface area is 364 Å². The van der Waals surface area contributed by atoms with Crippen LogP contribution < -0.4 is 4.90 Å². The van der Waals surface area contributed by atoms with Crippen molar-refractivity contribution in [1.29, 1.82) is 0 Å². The maximum atomic E-state index is 4.51. The average Bonchev–Trinajstić information content (AvgIpc) is 4.00. The van der Waals surface area contributed by atoms with Crippen LogP contribution >= 0.6 is 0 Å². The second kappa shape index (κ2) is 14.1. The molecule has 0 saturated carbocycles. The number of hydrogen-bond acceptors (Lipinski definition) is 4. The first-order chi connectivity index (χ1) is 31.2. The van der Waals surface area contributed by atoms with Crippen molar-refractivity contribution in [3.05, 3.63) is 219 Å². The molecule has 0 radical (unpaired) electrons. The Hall–Kier alpha value is -8.35. The predicted molar refractivity (Wildman–Crippen MR) is 260 cm³/mol. The third-order valence-electron chi connectivity index (χ3n) is 13.1. The minimum atomic E-state index is 0.199. The summed E-state index contributed by atoms with van der Waals surface area (Å²) in [7, 11) is 0. The zero-order chi connectivity index (χ0) is 41.4. The van der Waals surface area contributed by atoms with E-state index in [1.54, 1.807) is 0 Å². The fourth-order valence-electron chi connectivity index (χ4n) is 10.2. The summed E-state index contributed by atoms with van der Waals surface area (Å²) in [6, 6.07) is 64.4. The highest BCUT2D eigenvalue weighted by Gasteiger charge is 2.37. The lowest BCUT2D eigenvalue weighted by molar-refractivity contribution is 0.780. The van der Waals surface area contributed by atoms with Crippen molar-refractivity contribution < 1.29 is 0 Å².